The molecule has 1 rings (SSSR count). The van der Waals surface area contributed by atoms with Crippen LogP contribution in [0.2, 0.25) is 5.02 Å². The molecule has 0 saturated heterocycles. The zero-order valence-electron chi connectivity index (χ0n) is 10.8. The average Bonchev–Trinajstić information content (AvgIpc) is 2.67. The predicted octanol–water partition coefficient (Wildman–Crippen LogP) is 2.62. The summed E-state index contributed by atoms with van der Waals surface area (Å²) < 4.78 is 6.89. The first-order valence-electron chi connectivity index (χ1n) is 6.05. The lowest BCUT2D eigenvalue weighted by Gasteiger charge is -2.18. The molecule has 17 heavy (non-hydrogen) atoms. The van der Waals surface area contributed by atoms with E-state index in [-0.39, 0.29) is 6.04 Å². The molecule has 2 atom stereocenters. The van der Waals surface area contributed by atoms with Crippen LogP contribution in [0.15, 0.2) is 6.20 Å². The Morgan fingerprint density at radius 2 is 2.29 bits per heavy atom. The van der Waals surface area contributed by atoms with Crippen LogP contribution in [0.4, 0.5) is 0 Å². The second kappa shape index (κ2) is 6.99. The van der Waals surface area contributed by atoms with Gasteiger partial charge in [0.05, 0.1) is 30.1 Å². The Balaban J connectivity index is 2.76. The smallest absolute Gasteiger partial charge is 0.0834 e. The molecule has 0 saturated carbocycles. The number of nitrogens with two attached hydrogens (primary N) is 1. The van der Waals surface area contributed by atoms with Crippen LogP contribution >= 0.6 is 11.6 Å². The molecule has 2 N–H and O–H groups in total. The zero-order valence-corrected chi connectivity index (χ0v) is 11.6. The molecule has 0 bridgehead atoms. The highest BCUT2D eigenvalue weighted by molar-refractivity contribution is 6.31. The third-order valence-electron chi connectivity index (χ3n) is 3.04. The molecule has 0 fully saturated rings. The van der Waals surface area contributed by atoms with Crippen molar-refractivity contribution in [3.8, 4) is 0 Å². The molecule has 0 amide bonds. The normalized spacial score (nSPS) is 14.9. The second-order valence-corrected chi connectivity index (χ2v) is 4.86. The lowest BCUT2D eigenvalue weighted by Crippen LogP contribution is -2.20. The van der Waals surface area contributed by atoms with Gasteiger partial charge in [-0.1, -0.05) is 31.9 Å². The van der Waals surface area contributed by atoms with Gasteiger partial charge in [0, 0.05) is 13.2 Å². The van der Waals surface area contributed by atoms with Gasteiger partial charge in [0.2, 0.25) is 0 Å². The van der Waals surface area contributed by atoms with E-state index in [1.807, 2.05) is 4.68 Å². The quantitative estimate of drug-likeness (QED) is 0.819. The number of methoxy groups -OCH3 is 1. The van der Waals surface area contributed by atoms with Crippen LogP contribution in [0, 0.1) is 5.92 Å². The Morgan fingerprint density at radius 3 is 2.88 bits per heavy atom. The van der Waals surface area contributed by atoms with Gasteiger partial charge in [0.1, 0.15) is 0 Å². The summed E-state index contributed by atoms with van der Waals surface area (Å²) in [4.78, 5) is 0. The van der Waals surface area contributed by atoms with E-state index in [4.69, 9.17) is 22.1 Å². The van der Waals surface area contributed by atoms with Crippen molar-refractivity contribution in [3.05, 3.63) is 16.9 Å². The van der Waals surface area contributed by atoms with E-state index in [0.29, 0.717) is 24.1 Å². The van der Waals surface area contributed by atoms with Gasteiger partial charge in [-0.3, -0.25) is 4.68 Å². The molecule has 1 aromatic rings. The molecule has 2 unspecified atom stereocenters. The van der Waals surface area contributed by atoms with Gasteiger partial charge in [-0.05, 0) is 12.3 Å². The Bertz CT molecular complexity index is 340. The number of nitrogens with zero attached hydrogens (tertiary/aromatic N) is 2. The van der Waals surface area contributed by atoms with E-state index < -0.39 is 0 Å². The first kappa shape index (κ1) is 14.5. The molecule has 5 heteroatoms. The third-order valence-corrected chi connectivity index (χ3v) is 3.34. The monoisotopic (exact) mass is 259 g/mol. The number of halogens is 1. The molecule has 98 valence electrons. The van der Waals surface area contributed by atoms with Gasteiger partial charge in [-0.2, -0.15) is 5.10 Å². The summed E-state index contributed by atoms with van der Waals surface area (Å²) in [6, 6.07) is -0.0585. The van der Waals surface area contributed by atoms with E-state index in [0.717, 1.165) is 18.5 Å². The van der Waals surface area contributed by atoms with Crippen molar-refractivity contribution in [1.82, 2.24) is 9.78 Å². The minimum atomic E-state index is -0.0585. The third kappa shape index (κ3) is 3.98. The van der Waals surface area contributed by atoms with E-state index in [1.165, 1.54) is 0 Å². The van der Waals surface area contributed by atoms with E-state index in [1.54, 1.807) is 13.3 Å². The summed E-state index contributed by atoms with van der Waals surface area (Å²) in [5.74, 6) is 0.590. The number of ether oxygens (including phenoxy) is 1. The molecule has 1 aromatic heterocycles. The van der Waals surface area contributed by atoms with E-state index in [9.17, 15) is 0 Å². The van der Waals surface area contributed by atoms with E-state index >= 15 is 0 Å². The van der Waals surface area contributed by atoms with Crippen molar-refractivity contribution in [2.24, 2.45) is 11.7 Å². The maximum atomic E-state index is 6.20. The van der Waals surface area contributed by atoms with Crippen LogP contribution in [0.5, 0.6) is 0 Å². The summed E-state index contributed by atoms with van der Waals surface area (Å²) in [6.07, 6.45) is 3.70. The summed E-state index contributed by atoms with van der Waals surface area (Å²) in [6.45, 7) is 5.67. The molecule has 0 aliphatic heterocycles. The first-order chi connectivity index (χ1) is 8.10. The molecule has 4 nitrogen and oxygen atoms in total. The molecular weight excluding hydrogens is 238 g/mol. The molecule has 0 aromatic carbocycles. The van der Waals surface area contributed by atoms with Crippen LogP contribution in [-0.2, 0) is 11.3 Å². The van der Waals surface area contributed by atoms with Crippen molar-refractivity contribution >= 4 is 11.6 Å². The van der Waals surface area contributed by atoms with Crippen LogP contribution in [0.25, 0.3) is 0 Å². The summed E-state index contributed by atoms with van der Waals surface area (Å²) in [7, 11) is 1.67. The molecule has 0 spiro atoms. The van der Waals surface area contributed by atoms with Crippen LogP contribution < -0.4 is 5.73 Å². The van der Waals surface area contributed by atoms with Gasteiger partial charge in [-0.15, -0.1) is 0 Å². The fourth-order valence-electron chi connectivity index (χ4n) is 1.81. The highest BCUT2D eigenvalue weighted by Gasteiger charge is 2.18. The summed E-state index contributed by atoms with van der Waals surface area (Å²) in [5, 5.41) is 4.88. The highest BCUT2D eigenvalue weighted by Crippen LogP contribution is 2.26. The summed E-state index contributed by atoms with van der Waals surface area (Å²) >= 11 is 6.14. The SMILES string of the molecule is CCC(C)CC(N)c1c(Cl)cnn1CCOC. The molecule has 1 heterocycles. The highest BCUT2D eigenvalue weighted by atomic mass is 35.5. The van der Waals surface area contributed by atoms with Crippen LogP contribution in [0.3, 0.4) is 0 Å². The fraction of sp³-hybridized carbons (Fsp3) is 0.750. The van der Waals surface area contributed by atoms with Crippen molar-refractivity contribution in [3.63, 3.8) is 0 Å². The van der Waals surface area contributed by atoms with Gasteiger partial charge < -0.3 is 10.5 Å². The standard InChI is InChI=1S/C12H22ClN3O/c1-4-9(2)7-11(14)12-10(13)8-15-16(12)5-6-17-3/h8-9,11H,4-7,14H2,1-3H3. The maximum absolute atomic E-state index is 6.20. The lowest BCUT2D eigenvalue weighted by atomic mass is 9.98. The van der Waals surface area contributed by atoms with Crippen molar-refractivity contribution in [2.45, 2.75) is 39.3 Å². The first-order valence-corrected chi connectivity index (χ1v) is 6.43. The number of aromatic nitrogens is 2. The minimum absolute atomic E-state index is 0.0585. The topological polar surface area (TPSA) is 53.1 Å². The number of rotatable bonds is 7. The second-order valence-electron chi connectivity index (χ2n) is 4.45. The van der Waals surface area contributed by atoms with Crippen LogP contribution in [-0.4, -0.2) is 23.5 Å². The van der Waals surface area contributed by atoms with Crippen LogP contribution in [0.1, 0.15) is 38.4 Å². The van der Waals surface area contributed by atoms with Gasteiger partial charge in [-0.25, -0.2) is 0 Å². The maximum Gasteiger partial charge on any atom is 0.0834 e. The van der Waals surface area contributed by atoms with Gasteiger partial charge in [0.15, 0.2) is 0 Å². The Morgan fingerprint density at radius 1 is 1.59 bits per heavy atom. The molecule has 0 radical (unpaired) electrons. The molecular formula is C12H22ClN3O. The minimum Gasteiger partial charge on any atom is -0.383 e. The zero-order chi connectivity index (χ0) is 12.8. The lowest BCUT2D eigenvalue weighted by molar-refractivity contribution is 0.181. The average molecular weight is 260 g/mol. The predicted molar refractivity (Wildman–Crippen MR) is 70.1 cm³/mol. The van der Waals surface area contributed by atoms with Crippen molar-refractivity contribution in [2.75, 3.05) is 13.7 Å². The fourth-order valence-corrected chi connectivity index (χ4v) is 2.09. The van der Waals surface area contributed by atoms with Gasteiger partial charge >= 0.3 is 0 Å². The largest absolute Gasteiger partial charge is 0.383 e. The van der Waals surface area contributed by atoms with Gasteiger partial charge in [0.25, 0.3) is 0 Å². The molecule has 0 aliphatic rings. The Hall–Kier alpha value is -0.580. The Labute approximate surface area is 108 Å². The number of hydrogen-bond acceptors (Lipinski definition) is 3. The van der Waals surface area contributed by atoms with Crippen molar-refractivity contribution in [1.29, 1.82) is 0 Å². The summed E-state index contributed by atoms with van der Waals surface area (Å²) in [5.41, 5.74) is 7.12. The van der Waals surface area contributed by atoms with E-state index in [2.05, 4.69) is 18.9 Å². The number of hydrogen-bond donors (Lipinski definition) is 1. The molecule has 0 aliphatic carbocycles. The van der Waals surface area contributed by atoms with Crippen molar-refractivity contribution < 1.29 is 4.74 Å². The Kier molecular flexibility index (Phi) is 5.95.